The number of nitrogens with one attached hydrogen (secondary N) is 2. The Morgan fingerprint density at radius 1 is 1.50 bits per heavy atom. The molecule has 1 aliphatic heterocycles. The van der Waals surface area contributed by atoms with Crippen molar-refractivity contribution >= 4 is 18.3 Å². The Morgan fingerprint density at radius 2 is 2.25 bits per heavy atom. The number of amides is 1. The van der Waals surface area contributed by atoms with Crippen LogP contribution in [0.5, 0.6) is 0 Å². The van der Waals surface area contributed by atoms with Gasteiger partial charge in [-0.2, -0.15) is 5.10 Å². The third-order valence-electron chi connectivity index (χ3n) is 3.94. The van der Waals surface area contributed by atoms with Crippen molar-refractivity contribution in [3.05, 3.63) is 17.0 Å². The number of carbonyl (C=O) groups excluding carboxylic acids is 1. The fourth-order valence-electron chi connectivity index (χ4n) is 2.69. The molecule has 5 nitrogen and oxygen atoms in total. The second-order valence-electron chi connectivity index (χ2n) is 5.32. The van der Waals surface area contributed by atoms with E-state index in [4.69, 9.17) is 0 Å². The Bertz CT molecular complexity index is 452. The average molecular weight is 301 g/mol. The molecule has 1 saturated heterocycles. The number of aryl methyl sites for hydroxylation is 2. The van der Waals surface area contributed by atoms with Crippen molar-refractivity contribution in [2.24, 2.45) is 7.05 Å². The summed E-state index contributed by atoms with van der Waals surface area (Å²) in [6, 6.07) is 0.0295. The minimum Gasteiger partial charge on any atom is -0.355 e. The largest absolute Gasteiger partial charge is 0.355 e. The lowest BCUT2D eigenvalue weighted by Crippen LogP contribution is -2.40. The molecule has 1 atom stereocenters. The number of nitrogens with zero attached hydrogens (tertiary/aromatic N) is 2. The summed E-state index contributed by atoms with van der Waals surface area (Å²) in [5.41, 5.74) is 3.64. The summed E-state index contributed by atoms with van der Waals surface area (Å²) < 4.78 is 1.92. The van der Waals surface area contributed by atoms with E-state index in [1.54, 1.807) is 0 Å². The predicted molar refractivity (Wildman–Crippen MR) is 82.3 cm³/mol. The Kier molecular flexibility index (Phi) is 6.49. The van der Waals surface area contributed by atoms with E-state index in [1.165, 1.54) is 11.3 Å². The number of aromatic nitrogens is 2. The normalized spacial score (nSPS) is 17.9. The van der Waals surface area contributed by atoms with Crippen LogP contribution in [-0.4, -0.2) is 34.8 Å². The summed E-state index contributed by atoms with van der Waals surface area (Å²) in [5, 5.41) is 10.6. The fraction of sp³-hybridized carbons (Fsp3) is 0.714. The van der Waals surface area contributed by atoms with Crippen molar-refractivity contribution in [3.63, 3.8) is 0 Å². The topological polar surface area (TPSA) is 59.0 Å². The zero-order chi connectivity index (χ0) is 13.8. The summed E-state index contributed by atoms with van der Waals surface area (Å²) in [6.07, 6.45) is 4.01. The number of hydrogen-bond donors (Lipinski definition) is 2. The van der Waals surface area contributed by atoms with Crippen LogP contribution in [0.2, 0.25) is 0 Å². The highest BCUT2D eigenvalue weighted by atomic mass is 35.5. The van der Waals surface area contributed by atoms with Crippen molar-refractivity contribution in [1.82, 2.24) is 20.4 Å². The average Bonchev–Trinajstić information content (AvgIpc) is 2.98. The SMILES string of the molecule is Cc1nn(C)c(C)c1CCCNC(=O)C1CCCN1.Cl. The minimum atomic E-state index is 0. The first kappa shape index (κ1) is 17.0. The van der Waals surface area contributed by atoms with E-state index in [0.717, 1.165) is 44.5 Å². The number of carbonyl (C=O) groups is 1. The second-order valence-corrected chi connectivity index (χ2v) is 5.32. The van der Waals surface area contributed by atoms with Gasteiger partial charge in [-0.1, -0.05) is 0 Å². The molecule has 20 heavy (non-hydrogen) atoms. The van der Waals surface area contributed by atoms with Gasteiger partial charge in [-0.25, -0.2) is 0 Å². The molecule has 0 aromatic carbocycles. The van der Waals surface area contributed by atoms with Gasteiger partial charge in [0.1, 0.15) is 0 Å². The Morgan fingerprint density at radius 3 is 2.80 bits per heavy atom. The molecule has 0 radical (unpaired) electrons. The molecule has 1 aromatic heterocycles. The molecule has 1 aromatic rings. The van der Waals surface area contributed by atoms with Gasteiger partial charge in [0, 0.05) is 19.3 Å². The van der Waals surface area contributed by atoms with Crippen LogP contribution in [0.15, 0.2) is 0 Å². The molecular formula is C14H25ClN4O. The lowest BCUT2D eigenvalue weighted by atomic mass is 10.1. The van der Waals surface area contributed by atoms with Gasteiger partial charge in [-0.05, 0) is 51.6 Å². The molecule has 1 amide bonds. The second kappa shape index (κ2) is 7.64. The maximum absolute atomic E-state index is 11.8. The standard InChI is InChI=1S/C14H24N4O.ClH/c1-10-12(11(2)18(3)17-10)6-4-9-16-14(19)13-7-5-8-15-13;/h13,15H,4-9H2,1-3H3,(H,16,19);1H. The quantitative estimate of drug-likeness (QED) is 0.805. The van der Waals surface area contributed by atoms with Crippen LogP contribution in [0.1, 0.15) is 36.2 Å². The Hall–Kier alpha value is -1.07. The zero-order valence-electron chi connectivity index (χ0n) is 12.5. The predicted octanol–water partition coefficient (Wildman–Crippen LogP) is 1.26. The van der Waals surface area contributed by atoms with E-state index in [-0.39, 0.29) is 24.4 Å². The first-order valence-electron chi connectivity index (χ1n) is 7.09. The van der Waals surface area contributed by atoms with Gasteiger partial charge in [0.2, 0.25) is 5.91 Å². The van der Waals surface area contributed by atoms with Crippen molar-refractivity contribution < 1.29 is 4.79 Å². The van der Waals surface area contributed by atoms with Crippen molar-refractivity contribution in [1.29, 1.82) is 0 Å². The van der Waals surface area contributed by atoms with Gasteiger partial charge in [0.25, 0.3) is 0 Å². The van der Waals surface area contributed by atoms with E-state index in [0.29, 0.717) is 0 Å². The molecule has 2 N–H and O–H groups in total. The maximum Gasteiger partial charge on any atom is 0.237 e. The fourth-order valence-corrected chi connectivity index (χ4v) is 2.69. The van der Waals surface area contributed by atoms with Crippen molar-refractivity contribution in [3.8, 4) is 0 Å². The number of rotatable bonds is 5. The van der Waals surface area contributed by atoms with Crippen LogP contribution < -0.4 is 10.6 Å². The van der Waals surface area contributed by atoms with Gasteiger partial charge in [0.15, 0.2) is 0 Å². The van der Waals surface area contributed by atoms with Crippen molar-refractivity contribution in [2.75, 3.05) is 13.1 Å². The molecule has 0 bridgehead atoms. The van der Waals surface area contributed by atoms with Gasteiger partial charge in [0.05, 0.1) is 11.7 Å². The van der Waals surface area contributed by atoms with Gasteiger partial charge >= 0.3 is 0 Å². The molecule has 1 fully saturated rings. The zero-order valence-corrected chi connectivity index (χ0v) is 13.3. The summed E-state index contributed by atoms with van der Waals surface area (Å²) in [4.78, 5) is 11.8. The van der Waals surface area contributed by atoms with Crippen LogP contribution in [-0.2, 0) is 18.3 Å². The number of hydrogen-bond acceptors (Lipinski definition) is 3. The molecule has 0 spiro atoms. The van der Waals surface area contributed by atoms with Gasteiger partial charge in [-0.15, -0.1) is 12.4 Å². The lowest BCUT2D eigenvalue weighted by molar-refractivity contribution is -0.122. The minimum absolute atomic E-state index is 0. The molecular weight excluding hydrogens is 276 g/mol. The van der Waals surface area contributed by atoms with Crippen molar-refractivity contribution in [2.45, 2.75) is 45.6 Å². The molecule has 6 heteroatoms. The van der Waals surface area contributed by atoms with Crippen LogP contribution in [0.4, 0.5) is 0 Å². The van der Waals surface area contributed by atoms with Crippen LogP contribution in [0.3, 0.4) is 0 Å². The Labute approximate surface area is 126 Å². The van der Waals surface area contributed by atoms with E-state index in [9.17, 15) is 4.79 Å². The monoisotopic (exact) mass is 300 g/mol. The van der Waals surface area contributed by atoms with E-state index < -0.39 is 0 Å². The smallest absolute Gasteiger partial charge is 0.237 e. The molecule has 2 heterocycles. The molecule has 2 rings (SSSR count). The molecule has 1 aliphatic rings. The first-order valence-corrected chi connectivity index (χ1v) is 7.09. The van der Waals surface area contributed by atoms with E-state index in [1.807, 2.05) is 18.7 Å². The summed E-state index contributed by atoms with van der Waals surface area (Å²) in [5.74, 6) is 0.150. The van der Waals surface area contributed by atoms with E-state index >= 15 is 0 Å². The molecule has 0 saturated carbocycles. The molecule has 0 aliphatic carbocycles. The maximum atomic E-state index is 11.8. The van der Waals surface area contributed by atoms with Gasteiger partial charge in [-0.3, -0.25) is 9.48 Å². The highest BCUT2D eigenvalue weighted by Gasteiger charge is 2.21. The van der Waals surface area contributed by atoms with Crippen LogP contribution >= 0.6 is 12.4 Å². The number of halogens is 1. The third kappa shape index (κ3) is 3.96. The lowest BCUT2D eigenvalue weighted by Gasteiger charge is -2.10. The third-order valence-corrected chi connectivity index (χ3v) is 3.94. The van der Waals surface area contributed by atoms with Crippen LogP contribution in [0, 0.1) is 13.8 Å². The highest BCUT2D eigenvalue weighted by Crippen LogP contribution is 2.13. The molecule has 114 valence electrons. The summed E-state index contributed by atoms with van der Waals surface area (Å²) in [7, 11) is 1.97. The molecule has 1 unspecified atom stereocenters. The van der Waals surface area contributed by atoms with Gasteiger partial charge < -0.3 is 10.6 Å². The van der Waals surface area contributed by atoms with Crippen LogP contribution in [0.25, 0.3) is 0 Å². The highest BCUT2D eigenvalue weighted by molar-refractivity contribution is 5.85. The Balaban J connectivity index is 0.00000200. The first-order chi connectivity index (χ1) is 9.09. The van der Waals surface area contributed by atoms with E-state index in [2.05, 4.69) is 22.7 Å². The summed E-state index contributed by atoms with van der Waals surface area (Å²) in [6.45, 7) is 5.84. The summed E-state index contributed by atoms with van der Waals surface area (Å²) >= 11 is 0.